The van der Waals surface area contributed by atoms with E-state index in [4.69, 9.17) is 14.7 Å². The van der Waals surface area contributed by atoms with Gasteiger partial charge in [0, 0.05) is 18.8 Å². The number of ether oxygens (including phenoxy) is 2. The van der Waals surface area contributed by atoms with Crippen molar-refractivity contribution in [1.82, 2.24) is 0 Å². The van der Waals surface area contributed by atoms with E-state index in [1.54, 1.807) is 30.3 Å². The Labute approximate surface area is 113 Å². The highest BCUT2D eigenvalue weighted by atomic mass is 16.7. The van der Waals surface area contributed by atoms with Gasteiger partial charge in [0.15, 0.2) is 12.4 Å². The highest BCUT2D eigenvalue weighted by Gasteiger charge is 2.18. The molecule has 0 bridgehead atoms. The van der Waals surface area contributed by atoms with E-state index < -0.39 is 18.5 Å². The second-order valence-electron chi connectivity index (χ2n) is 3.93. The smallest absolute Gasteiger partial charge is 0.183 e. The van der Waals surface area contributed by atoms with Gasteiger partial charge in [-0.25, -0.2) is 0 Å². The number of rotatable bonds is 7. The van der Waals surface area contributed by atoms with Crippen LogP contribution in [0.15, 0.2) is 24.3 Å². The maximum absolute atomic E-state index is 9.69. The van der Waals surface area contributed by atoms with Crippen LogP contribution >= 0.6 is 0 Å². The predicted molar refractivity (Wildman–Crippen MR) is 69.0 cm³/mol. The molecule has 104 valence electrons. The number of hydrogen-bond donors (Lipinski definition) is 2. The fraction of sp³-hybridized carbons (Fsp3) is 0.500. The summed E-state index contributed by atoms with van der Waals surface area (Å²) in [5.74, 6) is 0. The van der Waals surface area contributed by atoms with E-state index >= 15 is 0 Å². The summed E-state index contributed by atoms with van der Waals surface area (Å²) in [7, 11) is 0. The summed E-state index contributed by atoms with van der Waals surface area (Å²) in [4.78, 5) is 0. The first-order chi connectivity index (χ1) is 9.13. The molecule has 1 aromatic carbocycles. The van der Waals surface area contributed by atoms with Crippen LogP contribution in [-0.2, 0) is 9.47 Å². The lowest BCUT2D eigenvalue weighted by Crippen LogP contribution is -2.16. The van der Waals surface area contributed by atoms with E-state index in [0.717, 1.165) is 5.56 Å². The summed E-state index contributed by atoms with van der Waals surface area (Å²) in [6.45, 7) is 4.82. The highest BCUT2D eigenvalue weighted by molar-refractivity contribution is 5.26. The first kappa shape index (κ1) is 15.6. The SMILES string of the molecule is CCOC(OCC)c1ccc(C(O)C(O)C#N)cc1. The number of nitriles is 1. The Morgan fingerprint density at radius 2 is 1.53 bits per heavy atom. The molecule has 0 heterocycles. The third kappa shape index (κ3) is 4.30. The first-order valence-corrected chi connectivity index (χ1v) is 6.22. The van der Waals surface area contributed by atoms with E-state index in [9.17, 15) is 10.2 Å². The molecule has 2 unspecified atom stereocenters. The molecule has 0 aromatic heterocycles. The Hall–Kier alpha value is -1.45. The number of aliphatic hydroxyl groups is 2. The highest BCUT2D eigenvalue weighted by Crippen LogP contribution is 2.23. The summed E-state index contributed by atoms with van der Waals surface area (Å²) in [5, 5.41) is 27.5. The molecule has 0 saturated carbocycles. The summed E-state index contributed by atoms with van der Waals surface area (Å²) >= 11 is 0. The van der Waals surface area contributed by atoms with Crippen LogP contribution < -0.4 is 0 Å². The third-order valence-corrected chi connectivity index (χ3v) is 2.62. The summed E-state index contributed by atoms with van der Waals surface area (Å²) < 4.78 is 10.9. The summed E-state index contributed by atoms with van der Waals surface area (Å²) in [6.07, 6.45) is -3.08. The van der Waals surface area contributed by atoms with E-state index in [0.29, 0.717) is 18.8 Å². The third-order valence-electron chi connectivity index (χ3n) is 2.62. The van der Waals surface area contributed by atoms with Crippen LogP contribution in [0.1, 0.15) is 37.4 Å². The first-order valence-electron chi connectivity index (χ1n) is 6.22. The fourth-order valence-corrected chi connectivity index (χ4v) is 1.65. The Bertz CT molecular complexity index is 406. The van der Waals surface area contributed by atoms with Gasteiger partial charge in [0.1, 0.15) is 6.10 Å². The molecule has 0 aliphatic rings. The van der Waals surface area contributed by atoms with Crippen LogP contribution in [0.5, 0.6) is 0 Å². The van der Waals surface area contributed by atoms with E-state index in [1.165, 1.54) is 0 Å². The number of aliphatic hydroxyl groups excluding tert-OH is 2. The Kier molecular flexibility index (Phi) is 6.46. The van der Waals surface area contributed by atoms with Gasteiger partial charge in [0.05, 0.1) is 6.07 Å². The minimum Gasteiger partial charge on any atom is -0.385 e. The molecule has 5 heteroatoms. The van der Waals surface area contributed by atoms with Crippen molar-refractivity contribution in [2.45, 2.75) is 32.3 Å². The quantitative estimate of drug-likeness (QED) is 0.579. The Morgan fingerprint density at radius 1 is 1.05 bits per heavy atom. The van der Waals surface area contributed by atoms with Crippen molar-refractivity contribution in [1.29, 1.82) is 5.26 Å². The van der Waals surface area contributed by atoms with Gasteiger partial charge in [-0.3, -0.25) is 0 Å². The van der Waals surface area contributed by atoms with E-state index in [1.807, 2.05) is 13.8 Å². The second-order valence-corrected chi connectivity index (χ2v) is 3.93. The van der Waals surface area contributed by atoms with Gasteiger partial charge in [0.2, 0.25) is 0 Å². The number of benzene rings is 1. The van der Waals surface area contributed by atoms with Crippen LogP contribution in [0.2, 0.25) is 0 Å². The average molecular weight is 265 g/mol. The zero-order valence-electron chi connectivity index (χ0n) is 11.1. The van der Waals surface area contributed by atoms with Crippen molar-refractivity contribution >= 4 is 0 Å². The van der Waals surface area contributed by atoms with Crippen LogP contribution in [0.3, 0.4) is 0 Å². The van der Waals surface area contributed by atoms with Crippen molar-refractivity contribution < 1.29 is 19.7 Å². The van der Waals surface area contributed by atoms with Crippen LogP contribution in [0.25, 0.3) is 0 Å². The fourth-order valence-electron chi connectivity index (χ4n) is 1.65. The number of nitrogens with zero attached hydrogens (tertiary/aromatic N) is 1. The normalized spacial score (nSPS) is 14.1. The molecule has 0 amide bonds. The molecule has 0 radical (unpaired) electrons. The lowest BCUT2D eigenvalue weighted by molar-refractivity contribution is -0.140. The predicted octanol–water partition coefficient (Wildman–Crippen LogP) is 1.68. The summed E-state index contributed by atoms with van der Waals surface area (Å²) in [6, 6.07) is 8.38. The van der Waals surface area contributed by atoms with Crippen LogP contribution in [0, 0.1) is 11.3 Å². The number of hydrogen-bond acceptors (Lipinski definition) is 5. The van der Waals surface area contributed by atoms with Gasteiger partial charge in [-0.05, 0) is 19.4 Å². The molecule has 0 spiro atoms. The average Bonchev–Trinajstić information content (AvgIpc) is 2.45. The van der Waals surface area contributed by atoms with Gasteiger partial charge in [-0.1, -0.05) is 24.3 Å². The standard InChI is InChI=1S/C14H19NO4/c1-3-18-14(19-4-2)11-7-5-10(6-8-11)13(17)12(16)9-15/h5-8,12-14,16-17H,3-4H2,1-2H3. The van der Waals surface area contributed by atoms with Gasteiger partial charge < -0.3 is 19.7 Å². The Balaban J connectivity index is 2.82. The van der Waals surface area contributed by atoms with Crippen molar-refractivity contribution in [2.75, 3.05) is 13.2 Å². The lowest BCUT2D eigenvalue weighted by atomic mass is 10.0. The molecular weight excluding hydrogens is 246 g/mol. The molecule has 0 saturated heterocycles. The molecule has 0 aliphatic carbocycles. The molecule has 5 nitrogen and oxygen atoms in total. The minimum absolute atomic E-state index is 0.443. The summed E-state index contributed by atoms with van der Waals surface area (Å²) in [5.41, 5.74) is 1.30. The maximum atomic E-state index is 9.69. The van der Waals surface area contributed by atoms with Crippen molar-refractivity contribution in [2.24, 2.45) is 0 Å². The van der Waals surface area contributed by atoms with Gasteiger partial charge >= 0.3 is 0 Å². The zero-order valence-corrected chi connectivity index (χ0v) is 11.1. The largest absolute Gasteiger partial charge is 0.385 e. The zero-order chi connectivity index (χ0) is 14.3. The molecule has 1 aromatic rings. The molecule has 2 atom stereocenters. The molecule has 1 rings (SSSR count). The Morgan fingerprint density at radius 3 is 1.95 bits per heavy atom. The monoisotopic (exact) mass is 265 g/mol. The molecular formula is C14H19NO4. The van der Waals surface area contributed by atoms with Gasteiger partial charge in [-0.2, -0.15) is 5.26 Å². The van der Waals surface area contributed by atoms with Crippen LogP contribution in [-0.4, -0.2) is 29.5 Å². The molecule has 0 fully saturated rings. The van der Waals surface area contributed by atoms with Crippen LogP contribution in [0.4, 0.5) is 0 Å². The van der Waals surface area contributed by atoms with E-state index in [2.05, 4.69) is 0 Å². The van der Waals surface area contributed by atoms with Crippen molar-refractivity contribution in [3.05, 3.63) is 35.4 Å². The molecule has 0 aliphatic heterocycles. The van der Waals surface area contributed by atoms with Crippen molar-refractivity contribution in [3.63, 3.8) is 0 Å². The topological polar surface area (TPSA) is 82.7 Å². The minimum atomic E-state index is -1.43. The van der Waals surface area contributed by atoms with Gasteiger partial charge in [-0.15, -0.1) is 0 Å². The maximum Gasteiger partial charge on any atom is 0.183 e. The van der Waals surface area contributed by atoms with Gasteiger partial charge in [0.25, 0.3) is 0 Å². The second kappa shape index (κ2) is 7.87. The lowest BCUT2D eigenvalue weighted by Gasteiger charge is -2.18. The molecule has 2 N–H and O–H groups in total. The van der Waals surface area contributed by atoms with Crippen molar-refractivity contribution in [3.8, 4) is 6.07 Å². The molecule has 19 heavy (non-hydrogen) atoms. The van der Waals surface area contributed by atoms with E-state index in [-0.39, 0.29) is 0 Å².